The largest absolute Gasteiger partial charge is 0.353 e. The van der Waals surface area contributed by atoms with Crippen molar-refractivity contribution in [2.24, 2.45) is 0 Å². The van der Waals surface area contributed by atoms with E-state index in [4.69, 9.17) is 5.26 Å². The summed E-state index contributed by atoms with van der Waals surface area (Å²) in [6, 6.07) is 14.8. The van der Waals surface area contributed by atoms with E-state index in [1.807, 2.05) is 47.0 Å². The maximum atomic E-state index is 12.7. The van der Waals surface area contributed by atoms with Gasteiger partial charge in [-0.3, -0.25) is 4.79 Å². The Morgan fingerprint density at radius 1 is 1.00 bits per heavy atom. The average molecular weight is 372 g/mol. The third kappa shape index (κ3) is 3.58. The zero-order chi connectivity index (χ0) is 19.5. The van der Waals surface area contributed by atoms with Gasteiger partial charge in [-0.05, 0) is 37.3 Å². The quantitative estimate of drug-likeness (QED) is 0.705. The van der Waals surface area contributed by atoms with Crippen LogP contribution in [-0.2, 0) is 0 Å². The summed E-state index contributed by atoms with van der Waals surface area (Å²) in [6.45, 7) is 4.50. The molecular formula is C21H20N6O. The van der Waals surface area contributed by atoms with Gasteiger partial charge < -0.3 is 14.4 Å². The Balaban J connectivity index is 1.47. The Kier molecular flexibility index (Phi) is 4.77. The standard InChI is InChI=1S/C21H20N6O/c1-16-23-19(25-7-2-3-8-25)14-20(24-16)26-9-11-27(12-10-26)21(28)18-6-4-5-17(13-18)15-22/h2-8,13-14H,9-12H2,1H3. The predicted octanol–water partition coefficient (Wildman–Crippen LogP) is 2.41. The third-order valence-corrected chi connectivity index (χ3v) is 4.81. The molecule has 0 aliphatic carbocycles. The monoisotopic (exact) mass is 372 g/mol. The fourth-order valence-electron chi connectivity index (χ4n) is 3.36. The molecule has 0 spiro atoms. The first-order valence-corrected chi connectivity index (χ1v) is 9.17. The number of aryl methyl sites for hydroxylation is 1. The van der Waals surface area contributed by atoms with Crippen molar-refractivity contribution in [1.82, 2.24) is 19.4 Å². The van der Waals surface area contributed by atoms with E-state index < -0.39 is 0 Å². The highest BCUT2D eigenvalue weighted by molar-refractivity contribution is 5.94. The van der Waals surface area contributed by atoms with Gasteiger partial charge in [0.25, 0.3) is 5.91 Å². The molecule has 28 heavy (non-hydrogen) atoms. The van der Waals surface area contributed by atoms with Crippen molar-refractivity contribution in [3.63, 3.8) is 0 Å². The molecule has 3 heterocycles. The van der Waals surface area contributed by atoms with Crippen LogP contribution < -0.4 is 4.90 Å². The van der Waals surface area contributed by atoms with Gasteiger partial charge in [0.15, 0.2) is 0 Å². The van der Waals surface area contributed by atoms with Gasteiger partial charge >= 0.3 is 0 Å². The molecule has 3 aromatic rings. The molecular weight excluding hydrogens is 352 g/mol. The van der Waals surface area contributed by atoms with Gasteiger partial charge in [-0.1, -0.05) is 6.07 Å². The van der Waals surface area contributed by atoms with E-state index in [-0.39, 0.29) is 5.91 Å². The number of hydrogen-bond acceptors (Lipinski definition) is 5. The van der Waals surface area contributed by atoms with Crippen LogP contribution in [0.2, 0.25) is 0 Å². The second-order valence-electron chi connectivity index (χ2n) is 6.69. The number of anilines is 1. The van der Waals surface area contributed by atoms with Crippen LogP contribution in [0.1, 0.15) is 21.7 Å². The van der Waals surface area contributed by atoms with E-state index in [2.05, 4.69) is 20.9 Å². The fraction of sp³-hybridized carbons (Fsp3) is 0.238. The van der Waals surface area contributed by atoms with Gasteiger partial charge in [0, 0.05) is 50.2 Å². The van der Waals surface area contributed by atoms with Gasteiger partial charge in [-0.2, -0.15) is 5.26 Å². The number of rotatable bonds is 3. The summed E-state index contributed by atoms with van der Waals surface area (Å²) in [5.74, 6) is 2.38. The van der Waals surface area contributed by atoms with Crippen LogP contribution in [0.3, 0.4) is 0 Å². The summed E-state index contributed by atoms with van der Waals surface area (Å²) in [5.41, 5.74) is 1.05. The van der Waals surface area contributed by atoms with Crippen LogP contribution in [0.5, 0.6) is 0 Å². The molecule has 4 rings (SSSR count). The first kappa shape index (κ1) is 17.7. The number of nitrogens with zero attached hydrogens (tertiary/aromatic N) is 6. The molecule has 1 saturated heterocycles. The topological polar surface area (TPSA) is 78.0 Å². The number of hydrogen-bond donors (Lipinski definition) is 0. The van der Waals surface area contributed by atoms with E-state index in [9.17, 15) is 4.79 Å². The van der Waals surface area contributed by atoms with Gasteiger partial charge in [-0.15, -0.1) is 0 Å². The van der Waals surface area contributed by atoms with Crippen molar-refractivity contribution in [2.45, 2.75) is 6.92 Å². The van der Waals surface area contributed by atoms with Gasteiger partial charge in [-0.25, -0.2) is 9.97 Å². The molecule has 1 fully saturated rings. The van der Waals surface area contributed by atoms with Gasteiger partial charge in [0.2, 0.25) is 0 Å². The Morgan fingerprint density at radius 2 is 1.71 bits per heavy atom. The molecule has 1 aromatic carbocycles. The summed E-state index contributed by atoms with van der Waals surface area (Å²) in [4.78, 5) is 25.8. The van der Waals surface area contributed by atoms with Crippen molar-refractivity contribution < 1.29 is 4.79 Å². The van der Waals surface area contributed by atoms with Crippen molar-refractivity contribution in [3.8, 4) is 11.9 Å². The average Bonchev–Trinajstić information content (AvgIpc) is 3.28. The van der Waals surface area contributed by atoms with Crippen LogP contribution in [0.15, 0.2) is 54.9 Å². The number of benzene rings is 1. The van der Waals surface area contributed by atoms with Crippen LogP contribution in [0, 0.1) is 18.3 Å². The Hall–Kier alpha value is -3.66. The van der Waals surface area contributed by atoms with Crippen molar-refractivity contribution in [1.29, 1.82) is 5.26 Å². The summed E-state index contributed by atoms with van der Waals surface area (Å²) in [7, 11) is 0. The zero-order valence-corrected chi connectivity index (χ0v) is 15.6. The predicted molar refractivity (Wildman–Crippen MR) is 105 cm³/mol. The Morgan fingerprint density at radius 3 is 2.43 bits per heavy atom. The molecule has 0 unspecified atom stereocenters. The first-order valence-electron chi connectivity index (χ1n) is 9.17. The summed E-state index contributed by atoms with van der Waals surface area (Å²) < 4.78 is 1.96. The molecule has 0 N–H and O–H groups in total. The second-order valence-corrected chi connectivity index (χ2v) is 6.69. The number of nitriles is 1. The molecule has 1 amide bonds. The number of carbonyl (C=O) groups is 1. The molecule has 7 nitrogen and oxygen atoms in total. The van der Waals surface area contributed by atoms with Gasteiger partial charge in [0.05, 0.1) is 11.6 Å². The minimum atomic E-state index is -0.0383. The Bertz CT molecular complexity index is 1030. The molecule has 1 aliphatic rings. The lowest BCUT2D eigenvalue weighted by atomic mass is 10.1. The van der Waals surface area contributed by atoms with Crippen molar-refractivity contribution in [3.05, 3.63) is 71.8 Å². The fourth-order valence-corrected chi connectivity index (χ4v) is 3.36. The summed E-state index contributed by atoms with van der Waals surface area (Å²) >= 11 is 0. The molecule has 0 bridgehead atoms. The molecule has 2 aromatic heterocycles. The molecule has 0 atom stereocenters. The van der Waals surface area contributed by atoms with Crippen LogP contribution in [-0.4, -0.2) is 51.5 Å². The van der Waals surface area contributed by atoms with Crippen LogP contribution >= 0.6 is 0 Å². The molecule has 1 aliphatic heterocycles. The van der Waals surface area contributed by atoms with Crippen molar-refractivity contribution >= 4 is 11.7 Å². The van der Waals surface area contributed by atoms with Gasteiger partial charge in [0.1, 0.15) is 17.5 Å². The van der Waals surface area contributed by atoms with E-state index in [0.29, 0.717) is 43.1 Å². The molecule has 140 valence electrons. The Labute approximate surface area is 163 Å². The van der Waals surface area contributed by atoms with Crippen molar-refractivity contribution in [2.75, 3.05) is 31.1 Å². The minimum Gasteiger partial charge on any atom is -0.353 e. The highest BCUT2D eigenvalue weighted by Crippen LogP contribution is 2.19. The second kappa shape index (κ2) is 7.53. The maximum absolute atomic E-state index is 12.7. The highest BCUT2D eigenvalue weighted by Gasteiger charge is 2.23. The lowest BCUT2D eigenvalue weighted by Crippen LogP contribution is -2.49. The summed E-state index contributed by atoms with van der Waals surface area (Å²) in [6.07, 6.45) is 3.91. The van der Waals surface area contributed by atoms with E-state index in [0.717, 1.165) is 11.6 Å². The molecule has 7 heteroatoms. The molecule has 0 radical (unpaired) electrons. The van der Waals surface area contributed by atoms with E-state index in [1.165, 1.54) is 0 Å². The summed E-state index contributed by atoms with van der Waals surface area (Å²) in [5, 5.41) is 9.03. The normalized spacial score (nSPS) is 14.0. The number of carbonyl (C=O) groups excluding carboxylic acids is 1. The van der Waals surface area contributed by atoms with E-state index in [1.54, 1.807) is 24.3 Å². The third-order valence-electron chi connectivity index (χ3n) is 4.81. The molecule has 0 saturated carbocycles. The van der Waals surface area contributed by atoms with Crippen LogP contribution in [0.4, 0.5) is 5.82 Å². The number of aromatic nitrogens is 3. The highest BCUT2D eigenvalue weighted by atomic mass is 16.2. The SMILES string of the molecule is Cc1nc(N2CCN(C(=O)c3cccc(C#N)c3)CC2)cc(-n2cccc2)n1. The smallest absolute Gasteiger partial charge is 0.254 e. The number of piperazine rings is 1. The zero-order valence-electron chi connectivity index (χ0n) is 15.6. The first-order chi connectivity index (χ1) is 13.6. The van der Waals surface area contributed by atoms with E-state index >= 15 is 0 Å². The van der Waals surface area contributed by atoms with Crippen LogP contribution in [0.25, 0.3) is 5.82 Å². The minimum absolute atomic E-state index is 0.0383. The lowest BCUT2D eigenvalue weighted by Gasteiger charge is -2.35. The maximum Gasteiger partial charge on any atom is 0.254 e. The lowest BCUT2D eigenvalue weighted by molar-refractivity contribution is 0.0746. The number of amides is 1.